The van der Waals surface area contributed by atoms with E-state index in [0.717, 1.165) is 19.3 Å². The number of imide groups is 1. The van der Waals surface area contributed by atoms with Gasteiger partial charge in [0.05, 0.1) is 6.04 Å². The van der Waals surface area contributed by atoms with Gasteiger partial charge in [-0.2, -0.15) is 0 Å². The van der Waals surface area contributed by atoms with Gasteiger partial charge in [-0.25, -0.2) is 4.79 Å². The van der Waals surface area contributed by atoms with E-state index in [1.807, 2.05) is 12.1 Å². The van der Waals surface area contributed by atoms with Gasteiger partial charge in [-0.3, -0.25) is 10.1 Å². The Morgan fingerprint density at radius 3 is 2.82 bits per heavy atom. The van der Waals surface area contributed by atoms with Gasteiger partial charge in [0, 0.05) is 0 Å². The molecule has 2 aliphatic rings. The van der Waals surface area contributed by atoms with E-state index in [-0.39, 0.29) is 24.5 Å². The molecule has 1 aromatic carbocycles. The van der Waals surface area contributed by atoms with Gasteiger partial charge < -0.3 is 4.90 Å². The normalized spacial score (nSPS) is 23.5. The lowest BCUT2D eigenvalue weighted by molar-refractivity contribution is -0.118. The molecule has 1 saturated heterocycles. The number of benzene rings is 1. The maximum Gasteiger partial charge on any atom is 0.325 e. The maximum atomic E-state index is 11.7. The average molecular weight is 230 g/mol. The van der Waals surface area contributed by atoms with Crippen molar-refractivity contribution in [2.45, 2.75) is 25.3 Å². The molecule has 1 N–H and O–H groups in total. The van der Waals surface area contributed by atoms with Gasteiger partial charge in [0.1, 0.15) is 6.54 Å². The monoisotopic (exact) mass is 230 g/mol. The zero-order chi connectivity index (χ0) is 11.8. The van der Waals surface area contributed by atoms with Crippen LogP contribution < -0.4 is 5.32 Å². The molecule has 0 saturated carbocycles. The highest BCUT2D eigenvalue weighted by atomic mass is 16.2. The van der Waals surface area contributed by atoms with Gasteiger partial charge in [-0.15, -0.1) is 0 Å². The van der Waals surface area contributed by atoms with Gasteiger partial charge in [-0.05, 0) is 30.4 Å². The summed E-state index contributed by atoms with van der Waals surface area (Å²) in [5.41, 5.74) is 2.50. The van der Waals surface area contributed by atoms with E-state index in [1.165, 1.54) is 11.1 Å². The summed E-state index contributed by atoms with van der Waals surface area (Å²) in [6.45, 7) is 0.192. The second-order valence-electron chi connectivity index (χ2n) is 4.59. The molecule has 4 heteroatoms. The molecular formula is C13H14N2O2. The molecule has 88 valence electrons. The zero-order valence-electron chi connectivity index (χ0n) is 9.48. The molecular weight excluding hydrogens is 216 g/mol. The van der Waals surface area contributed by atoms with Crippen LogP contribution in [-0.4, -0.2) is 23.4 Å². The van der Waals surface area contributed by atoms with Gasteiger partial charge in [0.25, 0.3) is 0 Å². The lowest BCUT2D eigenvalue weighted by Crippen LogP contribution is -2.34. The van der Waals surface area contributed by atoms with Crippen LogP contribution in [0.4, 0.5) is 4.79 Å². The zero-order valence-corrected chi connectivity index (χ0v) is 9.48. The third-order valence-electron chi connectivity index (χ3n) is 3.54. The summed E-state index contributed by atoms with van der Waals surface area (Å²) in [4.78, 5) is 24.6. The van der Waals surface area contributed by atoms with Gasteiger partial charge >= 0.3 is 6.03 Å². The highest BCUT2D eigenvalue weighted by Gasteiger charge is 2.35. The molecule has 1 aliphatic carbocycles. The van der Waals surface area contributed by atoms with Crippen LogP contribution >= 0.6 is 0 Å². The van der Waals surface area contributed by atoms with E-state index >= 15 is 0 Å². The van der Waals surface area contributed by atoms with Gasteiger partial charge in [0.15, 0.2) is 0 Å². The Morgan fingerprint density at radius 1 is 1.24 bits per heavy atom. The predicted molar refractivity (Wildman–Crippen MR) is 62.4 cm³/mol. The fraction of sp³-hybridized carbons (Fsp3) is 0.385. The third kappa shape index (κ3) is 1.69. The molecule has 0 aromatic heterocycles. The quantitative estimate of drug-likeness (QED) is 0.745. The molecule has 0 bridgehead atoms. The van der Waals surface area contributed by atoms with E-state index < -0.39 is 0 Å². The number of nitrogens with one attached hydrogen (secondary N) is 1. The Morgan fingerprint density at radius 2 is 2.06 bits per heavy atom. The Bertz CT molecular complexity index is 484. The number of urea groups is 1. The summed E-state index contributed by atoms with van der Waals surface area (Å²) < 4.78 is 0. The van der Waals surface area contributed by atoms with Crippen molar-refractivity contribution < 1.29 is 9.59 Å². The Kier molecular flexibility index (Phi) is 2.35. The largest absolute Gasteiger partial charge is 0.325 e. The molecule has 1 fully saturated rings. The van der Waals surface area contributed by atoms with Gasteiger partial charge in [-0.1, -0.05) is 24.3 Å². The summed E-state index contributed by atoms with van der Waals surface area (Å²) in [5.74, 6) is -0.196. The minimum absolute atomic E-state index is 0.0615. The molecule has 0 radical (unpaired) electrons. The number of hydrogen-bond acceptors (Lipinski definition) is 2. The second-order valence-corrected chi connectivity index (χ2v) is 4.59. The minimum Gasteiger partial charge on any atom is -0.308 e. The van der Waals surface area contributed by atoms with Crippen LogP contribution in [0.1, 0.15) is 30.0 Å². The van der Waals surface area contributed by atoms with Crippen molar-refractivity contribution in [1.29, 1.82) is 0 Å². The fourth-order valence-electron chi connectivity index (χ4n) is 2.76. The number of amides is 3. The standard InChI is InChI=1S/C13H14N2O2/c16-12-8-15(13(17)14-12)11-7-3-5-9-4-1-2-6-10(9)11/h1-2,4,6,11H,3,5,7-8H2,(H,14,16,17). The SMILES string of the molecule is O=C1CN(C2CCCc3ccccc32)C(=O)N1. The van der Waals surface area contributed by atoms with E-state index in [1.54, 1.807) is 4.90 Å². The summed E-state index contributed by atoms with van der Waals surface area (Å²) in [6, 6.07) is 8.00. The molecule has 3 amide bonds. The number of rotatable bonds is 1. The highest BCUT2D eigenvalue weighted by molar-refractivity contribution is 6.02. The molecule has 1 heterocycles. The summed E-state index contributed by atoms with van der Waals surface area (Å²) >= 11 is 0. The van der Waals surface area contributed by atoms with E-state index in [0.29, 0.717) is 0 Å². The number of carbonyl (C=O) groups is 2. The Labute approximate surface area is 99.6 Å². The first-order valence-corrected chi connectivity index (χ1v) is 5.94. The molecule has 1 aromatic rings. The number of nitrogens with zero attached hydrogens (tertiary/aromatic N) is 1. The van der Waals surface area contributed by atoms with Crippen molar-refractivity contribution in [3.63, 3.8) is 0 Å². The molecule has 17 heavy (non-hydrogen) atoms. The van der Waals surface area contributed by atoms with E-state index in [4.69, 9.17) is 0 Å². The molecule has 1 atom stereocenters. The van der Waals surface area contributed by atoms with Crippen molar-refractivity contribution in [3.8, 4) is 0 Å². The number of hydrogen-bond donors (Lipinski definition) is 1. The highest BCUT2D eigenvalue weighted by Crippen LogP contribution is 2.34. The summed E-state index contributed by atoms with van der Waals surface area (Å²) in [6.07, 6.45) is 3.08. The Hall–Kier alpha value is -1.84. The van der Waals surface area contributed by atoms with Crippen LogP contribution in [-0.2, 0) is 11.2 Å². The predicted octanol–water partition coefficient (Wildman–Crippen LogP) is 1.62. The number of carbonyl (C=O) groups excluding carboxylic acids is 2. The molecule has 1 aliphatic heterocycles. The van der Waals surface area contributed by atoms with Crippen LogP contribution in [0.15, 0.2) is 24.3 Å². The van der Waals surface area contributed by atoms with Crippen molar-refractivity contribution in [3.05, 3.63) is 35.4 Å². The van der Waals surface area contributed by atoms with Crippen molar-refractivity contribution >= 4 is 11.9 Å². The topological polar surface area (TPSA) is 49.4 Å². The summed E-state index contributed by atoms with van der Waals surface area (Å²) in [7, 11) is 0. The van der Waals surface area contributed by atoms with Crippen LogP contribution in [0.3, 0.4) is 0 Å². The lowest BCUT2D eigenvalue weighted by Gasteiger charge is -2.31. The minimum atomic E-state index is -0.253. The van der Waals surface area contributed by atoms with Crippen molar-refractivity contribution in [2.75, 3.05) is 6.54 Å². The number of aryl methyl sites for hydroxylation is 1. The lowest BCUT2D eigenvalue weighted by atomic mass is 9.87. The van der Waals surface area contributed by atoms with Crippen LogP contribution in [0.25, 0.3) is 0 Å². The molecule has 0 spiro atoms. The van der Waals surface area contributed by atoms with Gasteiger partial charge in [0.2, 0.25) is 5.91 Å². The van der Waals surface area contributed by atoms with Crippen molar-refractivity contribution in [2.24, 2.45) is 0 Å². The molecule has 4 nitrogen and oxygen atoms in total. The Balaban J connectivity index is 1.95. The number of fused-ring (bicyclic) bond motifs is 1. The van der Waals surface area contributed by atoms with E-state index in [9.17, 15) is 9.59 Å². The molecule has 1 unspecified atom stereocenters. The third-order valence-corrected chi connectivity index (χ3v) is 3.54. The van der Waals surface area contributed by atoms with Crippen LogP contribution in [0.2, 0.25) is 0 Å². The molecule has 3 rings (SSSR count). The second kappa shape index (κ2) is 3.87. The first-order chi connectivity index (χ1) is 8.25. The average Bonchev–Trinajstić information content (AvgIpc) is 2.68. The van der Waals surface area contributed by atoms with Crippen LogP contribution in [0.5, 0.6) is 0 Å². The van der Waals surface area contributed by atoms with Crippen molar-refractivity contribution in [1.82, 2.24) is 10.2 Å². The van der Waals surface area contributed by atoms with Crippen LogP contribution in [0, 0.1) is 0 Å². The maximum absolute atomic E-state index is 11.7. The smallest absolute Gasteiger partial charge is 0.308 e. The first kappa shape index (κ1) is 10.3. The summed E-state index contributed by atoms with van der Waals surface area (Å²) in [5, 5.41) is 2.34. The van der Waals surface area contributed by atoms with E-state index in [2.05, 4.69) is 17.4 Å². The fourth-order valence-corrected chi connectivity index (χ4v) is 2.76. The first-order valence-electron chi connectivity index (χ1n) is 5.94.